The van der Waals surface area contributed by atoms with Crippen molar-refractivity contribution in [2.24, 2.45) is 0 Å². The number of anilines is 2. The third-order valence-electron chi connectivity index (χ3n) is 3.69. The Bertz CT molecular complexity index is 880. The second-order valence-corrected chi connectivity index (χ2v) is 7.23. The van der Waals surface area contributed by atoms with E-state index in [9.17, 15) is 17.6 Å². The van der Waals surface area contributed by atoms with Crippen LogP contribution < -0.4 is 9.62 Å². The summed E-state index contributed by atoms with van der Waals surface area (Å²) in [7, 11) is -1.76. The maximum Gasteiger partial charge on any atom is 0.261 e. The number of likely N-dealkylation sites (N-methyl/N-ethyl adjacent to an activating group) is 1. The van der Waals surface area contributed by atoms with Gasteiger partial charge in [-0.3, -0.25) is 13.9 Å². The Morgan fingerprint density at radius 1 is 1.09 bits per heavy atom. The monoisotopic (exact) mass is 699 g/mol. The molecule has 0 saturated heterocycles. The van der Waals surface area contributed by atoms with Crippen LogP contribution in [0.15, 0.2) is 53.4 Å². The van der Waals surface area contributed by atoms with E-state index in [4.69, 9.17) is 29.1 Å². The molecule has 0 aromatic heterocycles. The standard InChI is InChI=1S/C17H20N3O4S.CH3F.Ac.2F2/c1-12-8-9-13(10-16(12)20(2)17(22)15(18)11-21)19-25(23,24)14-6-4-3-5-7-14;1-2;;2*1-2/h3-10,15,18-19,21H,11H2,1-2H3;1H3;;;/q-1;;;;/t15-;;;;/m0..../s1. The van der Waals surface area contributed by atoms with E-state index in [0.717, 1.165) is 5.56 Å². The predicted octanol–water partition coefficient (Wildman–Crippen LogP) is 4.44. The quantitative estimate of drug-likeness (QED) is 0.435. The molecule has 1 radical (unpaired) electrons. The van der Waals surface area contributed by atoms with Crippen LogP contribution in [0.25, 0.3) is 5.73 Å². The molecule has 3 N–H and O–H groups in total. The number of hydrogen-bond donors (Lipinski definition) is 2. The van der Waals surface area contributed by atoms with Crippen molar-refractivity contribution in [2.75, 3.05) is 30.5 Å². The molecule has 0 saturated carbocycles. The summed E-state index contributed by atoms with van der Waals surface area (Å²) in [6.45, 7) is 1.19. The van der Waals surface area contributed by atoms with Gasteiger partial charge in [0.15, 0.2) is 0 Å². The molecule has 2 rings (SSSR count). The summed E-state index contributed by atoms with van der Waals surface area (Å²) >= 11 is 0. The van der Waals surface area contributed by atoms with Gasteiger partial charge in [-0.2, -0.15) is 0 Å². The van der Waals surface area contributed by atoms with E-state index in [1.54, 1.807) is 37.3 Å². The van der Waals surface area contributed by atoms with Crippen LogP contribution >= 0.6 is 0 Å². The fourth-order valence-corrected chi connectivity index (χ4v) is 3.35. The molecule has 32 heavy (non-hydrogen) atoms. The molecule has 0 fully saturated rings. The number of hydrogen-bond acceptors (Lipinski definition) is 4. The minimum absolute atomic E-state index is 0. The molecular weight excluding hydrogens is 676 g/mol. The molecule has 179 valence electrons. The second kappa shape index (κ2) is 19.2. The molecule has 0 heterocycles. The molecule has 1 atom stereocenters. The number of sulfonamides is 1. The number of nitrogens with one attached hydrogen (secondary N) is 2. The number of nitrogens with zero attached hydrogens (tertiary/aromatic N) is 1. The Labute approximate surface area is 219 Å². The molecule has 2 aromatic rings. The van der Waals surface area contributed by atoms with Crippen LogP contribution in [0.2, 0.25) is 0 Å². The topological polar surface area (TPSA) is 111 Å². The first-order valence-corrected chi connectivity index (χ1v) is 9.69. The van der Waals surface area contributed by atoms with E-state index >= 15 is 0 Å². The Hall–Kier alpha value is -1.33. The van der Waals surface area contributed by atoms with Crippen LogP contribution in [0, 0.1) is 51.0 Å². The molecule has 0 bridgehead atoms. The number of carbonyl (C=O) groups excluding carboxylic acids is 1. The molecule has 1 amide bonds. The molecule has 14 heteroatoms. The zero-order valence-electron chi connectivity index (χ0n) is 17.4. The van der Waals surface area contributed by atoms with Gasteiger partial charge in [-0.25, -0.2) is 8.42 Å². The Balaban J connectivity index is -0.00000111. The van der Waals surface area contributed by atoms with Gasteiger partial charge in [-0.05, 0) is 42.8 Å². The zero-order chi connectivity index (χ0) is 24.6. The van der Waals surface area contributed by atoms with E-state index in [1.165, 1.54) is 30.1 Å². The number of rotatable bonds is 6. The summed E-state index contributed by atoms with van der Waals surface area (Å²) in [5, 5.41) is 8.98. The fourth-order valence-electron chi connectivity index (χ4n) is 2.28. The van der Waals surface area contributed by atoms with Crippen molar-refractivity contribution in [3.05, 3.63) is 59.8 Å². The third kappa shape index (κ3) is 11.0. The number of halogens is 5. The molecule has 0 aliphatic rings. The molecule has 0 aliphatic carbocycles. The van der Waals surface area contributed by atoms with E-state index in [-0.39, 0.29) is 49.0 Å². The Kier molecular flexibility index (Phi) is 21.1. The largest absolute Gasteiger partial charge is 0.665 e. The van der Waals surface area contributed by atoms with Crippen molar-refractivity contribution in [1.82, 2.24) is 0 Å². The van der Waals surface area contributed by atoms with Crippen LogP contribution in [0.1, 0.15) is 5.56 Å². The van der Waals surface area contributed by atoms with Crippen LogP contribution in [0.4, 0.5) is 34.1 Å². The summed E-state index contributed by atoms with van der Waals surface area (Å²) in [6, 6.07) is 11.5. The molecule has 7 nitrogen and oxygen atoms in total. The summed E-state index contributed by atoms with van der Waals surface area (Å²) in [4.78, 5) is 13.5. The summed E-state index contributed by atoms with van der Waals surface area (Å²) in [5.41, 5.74) is 9.04. The maximum absolute atomic E-state index is 12.4. The number of carbonyl (C=O) groups is 1. The normalized spacial score (nSPS) is 10.3. The number of aryl methyl sites for hydroxylation is 1. The SMILES string of the molecule is CF.Cc1ccc(NS(=O)(=O)c2ccccc2)cc1N(C)C(=O)[C@@H]([NH-])CO.FF.FF.[Ac]. The van der Waals surface area contributed by atoms with Crippen LogP contribution in [-0.2, 0) is 14.8 Å². The first kappa shape index (κ1) is 35.3. The smallest absolute Gasteiger partial charge is 0.261 e. The second-order valence-electron chi connectivity index (χ2n) is 5.55. The Morgan fingerprint density at radius 3 is 2.06 bits per heavy atom. The third-order valence-corrected chi connectivity index (χ3v) is 5.08. The van der Waals surface area contributed by atoms with Gasteiger partial charge in [0, 0.05) is 81.7 Å². The predicted molar refractivity (Wildman–Crippen MR) is 108 cm³/mol. The van der Waals surface area contributed by atoms with E-state index in [1.807, 2.05) is 0 Å². The average molecular weight is 699 g/mol. The van der Waals surface area contributed by atoms with Gasteiger partial charge in [-0.15, -0.1) is 0 Å². The van der Waals surface area contributed by atoms with E-state index in [0.29, 0.717) is 18.6 Å². The van der Waals surface area contributed by atoms with Gasteiger partial charge in [0.2, 0.25) is 5.91 Å². The summed E-state index contributed by atoms with van der Waals surface area (Å²) in [5.74, 6) is -0.575. The number of amides is 1. The van der Waals surface area contributed by atoms with Crippen molar-refractivity contribution < 1.29 is 85.1 Å². The molecule has 0 spiro atoms. The zero-order valence-corrected chi connectivity index (χ0v) is 23.0. The summed E-state index contributed by atoms with van der Waals surface area (Å²) < 4.78 is 68.8. The van der Waals surface area contributed by atoms with Crippen molar-refractivity contribution in [3.8, 4) is 0 Å². The molecule has 0 aliphatic heterocycles. The molecule has 2 aromatic carbocycles. The first-order valence-electron chi connectivity index (χ1n) is 8.20. The van der Waals surface area contributed by atoms with Crippen molar-refractivity contribution in [1.29, 1.82) is 0 Å². The van der Waals surface area contributed by atoms with E-state index in [2.05, 4.69) is 4.72 Å². The minimum atomic E-state index is -3.74. The number of alkyl halides is 1. The molecular formula is C18H23AcF5N3O4S-. The summed E-state index contributed by atoms with van der Waals surface area (Å²) in [6.07, 6.45) is 0. The van der Waals surface area contributed by atoms with Crippen LogP contribution in [0.5, 0.6) is 0 Å². The van der Waals surface area contributed by atoms with Gasteiger partial charge in [0.1, 0.15) is 0 Å². The van der Waals surface area contributed by atoms with Crippen LogP contribution in [-0.4, -0.2) is 46.3 Å². The van der Waals surface area contributed by atoms with Gasteiger partial charge in [0.05, 0.1) is 17.8 Å². The van der Waals surface area contributed by atoms with Crippen molar-refractivity contribution in [2.45, 2.75) is 17.9 Å². The van der Waals surface area contributed by atoms with E-state index < -0.39 is 28.6 Å². The minimum Gasteiger partial charge on any atom is -0.665 e. The van der Waals surface area contributed by atoms with Crippen molar-refractivity contribution >= 4 is 27.3 Å². The Morgan fingerprint density at radius 2 is 1.59 bits per heavy atom. The van der Waals surface area contributed by atoms with Gasteiger partial charge in [-0.1, -0.05) is 24.3 Å². The fraction of sp³-hybridized carbons (Fsp3) is 0.278. The number of benzene rings is 2. The van der Waals surface area contributed by atoms with Crippen LogP contribution in [0.3, 0.4) is 0 Å². The van der Waals surface area contributed by atoms with Gasteiger partial charge in [0.25, 0.3) is 10.0 Å². The molecule has 0 unspecified atom stereocenters. The van der Waals surface area contributed by atoms with Gasteiger partial charge < -0.3 is 15.7 Å². The van der Waals surface area contributed by atoms with Gasteiger partial charge >= 0.3 is 0 Å². The first-order chi connectivity index (χ1) is 14.8. The number of aliphatic hydroxyl groups is 1. The average Bonchev–Trinajstić information content (AvgIpc) is 2.83. The van der Waals surface area contributed by atoms with Crippen molar-refractivity contribution in [3.63, 3.8) is 0 Å². The number of aliphatic hydroxyl groups excluding tert-OH is 1. The maximum atomic E-state index is 12.4.